The summed E-state index contributed by atoms with van der Waals surface area (Å²) in [6.45, 7) is -0.137. The second-order valence-corrected chi connectivity index (χ2v) is 8.25. The molecule has 27 heavy (non-hydrogen) atoms. The first kappa shape index (κ1) is 19.1. The Bertz CT molecular complexity index is 1070. The molecule has 3 rings (SSSR count). The lowest BCUT2D eigenvalue weighted by Crippen LogP contribution is -2.10. The number of fused-ring (bicyclic) bond motifs is 1. The standard InChI is InChI=1S/C16H14O9S2/c17-14(11-5-2-1-3-6-11)12-7-8-13(23-9-4-10-26(18,19)20)16-15(12)24-27(21,22)25-16/h1-3,5-8H,4,9-10H2,(H,18,19,20). The number of hydrogen-bond donors (Lipinski definition) is 1. The summed E-state index contributed by atoms with van der Waals surface area (Å²) in [5, 5.41) is 0. The fraction of sp³-hybridized carbons (Fsp3) is 0.188. The van der Waals surface area contributed by atoms with E-state index >= 15 is 0 Å². The van der Waals surface area contributed by atoms with Crippen LogP contribution in [0.15, 0.2) is 42.5 Å². The molecule has 11 heteroatoms. The van der Waals surface area contributed by atoms with Crippen LogP contribution in [0.25, 0.3) is 0 Å². The van der Waals surface area contributed by atoms with Crippen LogP contribution in [-0.4, -0.2) is 39.5 Å². The number of carbonyl (C=O) groups is 1. The summed E-state index contributed by atoms with van der Waals surface area (Å²) in [5.74, 6) is -1.61. The zero-order chi connectivity index (χ0) is 19.7. The van der Waals surface area contributed by atoms with E-state index in [0.717, 1.165) is 0 Å². The molecule has 0 aliphatic carbocycles. The summed E-state index contributed by atoms with van der Waals surface area (Å²) in [6.07, 6.45) is -0.0358. The van der Waals surface area contributed by atoms with Gasteiger partial charge in [0, 0.05) is 5.56 Å². The highest BCUT2D eigenvalue weighted by molar-refractivity contribution is 7.85. The van der Waals surface area contributed by atoms with Crippen molar-refractivity contribution < 1.29 is 39.3 Å². The van der Waals surface area contributed by atoms with E-state index in [9.17, 15) is 21.6 Å². The molecule has 0 radical (unpaired) electrons. The molecule has 0 fully saturated rings. The molecule has 0 saturated carbocycles. The summed E-state index contributed by atoms with van der Waals surface area (Å²) >= 11 is 0. The van der Waals surface area contributed by atoms with E-state index in [-0.39, 0.29) is 35.8 Å². The zero-order valence-corrected chi connectivity index (χ0v) is 15.3. The summed E-state index contributed by atoms with van der Waals surface area (Å²) in [7, 11) is -8.52. The van der Waals surface area contributed by atoms with E-state index in [2.05, 4.69) is 0 Å². The fourth-order valence-corrected chi connectivity index (χ4v) is 3.64. The van der Waals surface area contributed by atoms with Crippen molar-refractivity contribution in [3.63, 3.8) is 0 Å². The van der Waals surface area contributed by atoms with Crippen molar-refractivity contribution in [3.05, 3.63) is 53.6 Å². The van der Waals surface area contributed by atoms with Gasteiger partial charge in [0.15, 0.2) is 11.5 Å². The molecule has 9 nitrogen and oxygen atoms in total. The average Bonchev–Trinajstić information content (AvgIpc) is 2.93. The minimum absolute atomic E-state index is 0.0254. The summed E-state index contributed by atoms with van der Waals surface area (Å²) in [6, 6.07) is 10.8. The lowest BCUT2D eigenvalue weighted by molar-refractivity contribution is 0.103. The van der Waals surface area contributed by atoms with Gasteiger partial charge in [-0.3, -0.25) is 9.35 Å². The maximum Gasteiger partial charge on any atom is 0.501 e. The highest BCUT2D eigenvalue weighted by atomic mass is 32.3. The van der Waals surface area contributed by atoms with Crippen molar-refractivity contribution in [2.75, 3.05) is 12.4 Å². The van der Waals surface area contributed by atoms with Crippen molar-refractivity contribution in [2.24, 2.45) is 0 Å². The van der Waals surface area contributed by atoms with E-state index in [4.69, 9.17) is 17.7 Å². The summed E-state index contributed by atoms with van der Waals surface area (Å²) in [4.78, 5) is 12.6. The second-order valence-electron chi connectivity index (χ2n) is 5.53. The van der Waals surface area contributed by atoms with Gasteiger partial charge in [0.1, 0.15) is 0 Å². The van der Waals surface area contributed by atoms with Gasteiger partial charge >= 0.3 is 10.4 Å². The van der Waals surface area contributed by atoms with E-state index in [0.29, 0.717) is 5.56 Å². The van der Waals surface area contributed by atoms with E-state index < -0.39 is 32.1 Å². The third-order valence-corrected chi connectivity index (χ3v) is 5.08. The molecule has 1 aliphatic heterocycles. The highest BCUT2D eigenvalue weighted by Crippen LogP contribution is 2.46. The minimum atomic E-state index is -4.39. The first-order valence-electron chi connectivity index (χ1n) is 7.65. The summed E-state index contributed by atoms with van der Waals surface area (Å²) < 4.78 is 68.4. The molecule has 0 amide bonds. The van der Waals surface area contributed by atoms with Crippen LogP contribution in [0.4, 0.5) is 0 Å². The predicted octanol–water partition coefficient (Wildman–Crippen LogP) is 1.59. The maximum atomic E-state index is 12.6. The SMILES string of the molecule is O=C(c1ccccc1)c1ccc(OCCCS(=O)(=O)O)c2c1OS(=O)(=O)O2. The van der Waals surface area contributed by atoms with Gasteiger partial charge in [0.25, 0.3) is 10.1 Å². The number of hydrogen-bond acceptors (Lipinski definition) is 8. The van der Waals surface area contributed by atoms with Gasteiger partial charge in [-0.1, -0.05) is 30.3 Å². The Morgan fingerprint density at radius 2 is 1.70 bits per heavy atom. The van der Waals surface area contributed by atoms with E-state index in [1.54, 1.807) is 30.3 Å². The van der Waals surface area contributed by atoms with E-state index in [1.807, 2.05) is 0 Å². The number of benzene rings is 2. The monoisotopic (exact) mass is 414 g/mol. The molecule has 0 bridgehead atoms. The van der Waals surface area contributed by atoms with E-state index in [1.165, 1.54) is 12.1 Å². The largest absolute Gasteiger partial charge is 0.501 e. The Labute approximate surface area is 155 Å². The minimum Gasteiger partial charge on any atom is -0.489 e. The first-order valence-corrected chi connectivity index (χ1v) is 10.6. The lowest BCUT2D eigenvalue weighted by atomic mass is 10.0. The Balaban J connectivity index is 1.89. The zero-order valence-electron chi connectivity index (χ0n) is 13.7. The van der Waals surface area contributed by atoms with Crippen LogP contribution >= 0.6 is 0 Å². The van der Waals surface area contributed by atoms with Gasteiger partial charge in [-0.25, -0.2) is 0 Å². The number of ketones is 1. The van der Waals surface area contributed by atoms with Gasteiger partial charge in [-0.05, 0) is 18.6 Å². The Hall–Kier alpha value is -2.63. The number of ether oxygens (including phenoxy) is 1. The normalized spacial score (nSPS) is 14.7. The molecule has 0 saturated heterocycles. The second kappa shape index (κ2) is 7.18. The van der Waals surface area contributed by atoms with Crippen molar-refractivity contribution >= 4 is 26.3 Å². The fourth-order valence-electron chi connectivity index (χ4n) is 2.39. The third-order valence-electron chi connectivity index (χ3n) is 3.53. The molecule has 2 aromatic carbocycles. The Kier molecular flexibility index (Phi) is 5.09. The molecule has 0 spiro atoms. The molecule has 144 valence electrons. The molecule has 2 aromatic rings. The van der Waals surface area contributed by atoms with Crippen molar-refractivity contribution in [1.29, 1.82) is 0 Å². The molecular weight excluding hydrogens is 400 g/mol. The van der Waals surface area contributed by atoms with Gasteiger partial charge in [-0.15, -0.1) is 8.42 Å². The van der Waals surface area contributed by atoms with Gasteiger partial charge in [-0.2, -0.15) is 8.42 Å². The molecule has 1 N–H and O–H groups in total. The Morgan fingerprint density at radius 3 is 2.37 bits per heavy atom. The number of carbonyl (C=O) groups excluding carboxylic acids is 1. The highest BCUT2D eigenvalue weighted by Gasteiger charge is 2.36. The Morgan fingerprint density at radius 1 is 1.04 bits per heavy atom. The van der Waals surface area contributed by atoms with Crippen LogP contribution in [0.2, 0.25) is 0 Å². The van der Waals surface area contributed by atoms with Crippen LogP contribution in [0.3, 0.4) is 0 Å². The molecule has 1 heterocycles. The van der Waals surface area contributed by atoms with Crippen molar-refractivity contribution in [2.45, 2.75) is 6.42 Å². The molecule has 0 aromatic heterocycles. The summed E-state index contributed by atoms with van der Waals surface area (Å²) in [5.41, 5.74) is 0.303. The topological polar surface area (TPSA) is 133 Å². The molecule has 0 atom stereocenters. The first-order chi connectivity index (χ1) is 12.7. The van der Waals surface area contributed by atoms with Gasteiger partial charge in [0.2, 0.25) is 11.5 Å². The lowest BCUT2D eigenvalue weighted by Gasteiger charge is -2.09. The maximum absolute atomic E-state index is 12.6. The predicted molar refractivity (Wildman–Crippen MR) is 93.0 cm³/mol. The average molecular weight is 414 g/mol. The molecule has 0 unspecified atom stereocenters. The van der Waals surface area contributed by atoms with Gasteiger partial charge in [0.05, 0.1) is 17.9 Å². The molecule has 1 aliphatic rings. The quantitative estimate of drug-likeness (QED) is 0.407. The van der Waals surface area contributed by atoms with Crippen molar-refractivity contribution in [1.82, 2.24) is 0 Å². The van der Waals surface area contributed by atoms with Crippen molar-refractivity contribution in [3.8, 4) is 17.2 Å². The van der Waals surface area contributed by atoms with Gasteiger partial charge < -0.3 is 13.1 Å². The van der Waals surface area contributed by atoms with Crippen LogP contribution in [0, 0.1) is 0 Å². The molecular formula is C16H14O9S2. The third kappa shape index (κ3) is 4.56. The van der Waals surface area contributed by atoms with Crippen LogP contribution in [0.1, 0.15) is 22.3 Å². The van der Waals surface area contributed by atoms with Crippen LogP contribution in [0.5, 0.6) is 17.2 Å². The smallest absolute Gasteiger partial charge is 0.489 e. The van der Waals surface area contributed by atoms with Crippen LogP contribution in [-0.2, 0) is 20.5 Å². The number of rotatable bonds is 7. The van der Waals surface area contributed by atoms with Crippen LogP contribution < -0.4 is 13.1 Å².